The molecule has 0 aliphatic rings. The number of benzene rings is 2. The summed E-state index contributed by atoms with van der Waals surface area (Å²) in [7, 11) is 1.68. The summed E-state index contributed by atoms with van der Waals surface area (Å²) < 4.78 is 13.3. The normalized spacial score (nSPS) is 11.2. The third-order valence-electron chi connectivity index (χ3n) is 3.60. The van der Waals surface area contributed by atoms with Gasteiger partial charge in [-0.1, -0.05) is 24.3 Å². The van der Waals surface area contributed by atoms with E-state index in [2.05, 4.69) is 15.6 Å². The van der Waals surface area contributed by atoms with E-state index >= 15 is 0 Å². The van der Waals surface area contributed by atoms with E-state index in [0.29, 0.717) is 30.2 Å². The molecule has 0 radical (unpaired) electrons. The molecule has 2 aromatic carbocycles. The molecule has 0 heterocycles. The quantitative estimate of drug-likeness (QED) is 0.581. The number of carbonyl (C=O) groups excluding carboxylic acids is 1. The molecule has 0 bridgehead atoms. The fraction of sp³-hybridized carbons (Fsp3) is 0.222. The zero-order chi connectivity index (χ0) is 17.5. The van der Waals surface area contributed by atoms with Crippen LogP contribution >= 0.6 is 0 Å². The Kier molecular flexibility index (Phi) is 5.89. The predicted octanol–water partition coefficient (Wildman–Crippen LogP) is 2.10. The summed E-state index contributed by atoms with van der Waals surface area (Å²) in [6.45, 7) is 2.84. The molecule has 0 spiro atoms. The fourth-order valence-electron chi connectivity index (χ4n) is 2.20. The summed E-state index contributed by atoms with van der Waals surface area (Å²) in [6, 6.07) is 12.1. The summed E-state index contributed by atoms with van der Waals surface area (Å²) in [5, 5.41) is 6.35. The number of nitrogens with zero attached hydrogens (tertiary/aromatic N) is 1. The standard InChI is InChI=1S/C18H21FN4O/c1-12-9-14(5-8-16(12)19)11-23-18(21-2)22-10-13-3-6-15(7-4-13)17(20)24/h3-9H,10-11H2,1-2H3,(H2,20,24)(H2,21,22,23). The van der Waals surface area contributed by atoms with Gasteiger partial charge in [0.15, 0.2) is 5.96 Å². The average Bonchev–Trinajstić information content (AvgIpc) is 2.58. The number of guanidine groups is 1. The van der Waals surface area contributed by atoms with Gasteiger partial charge in [-0.25, -0.2) is 4.39 Å². The molecule has 0 saturated carbocycles. The maximum Gasteiger partial charge on any atom is 0.248 e. The molecule has 0 unspecified atom stereocenters. The average molecular weight is 328 g/mol. The first-order valence-electron chi connectivity index (χ1n) is 7.58. The van der Waals surface area contributed by atoms with Crippen LogP contribution in [-0.2, 0) is 13.1 Å². The molecule has 0 saturated heterocycles. The lowest BCUT2D eigenvalue weighted by Crippen LogP contribution is -2.36. The van der Waals surface area contributed by atoms with Gasteiger partial charge in [-0.05, 0) is 41.8 Å². The van der Waals surface area contributed by atoms with Crippen molar-refractivity contribution in [3.8, 4) is 0 Å². The van der Waals surface area contributed by atoms with Gasteiger partial charge in [0.05, 0.1) is 0 Å². The Bertz CT molecular complexity index is 741. The molecule has 4 N–H and O–H groups in total. The van der Waals surface area contributed by atoms with Crippen molar-refractivity contribution in [2.45, 2.75) is 20.0 Å². The van der Waals surface area contributed by atoms with Gasteiger partial charge in [0.25, 0.3) is 0 Å². The number of primary amides is 1. The summed E-state index contributed by atoms with van der Waals surface area (Å²) in [6.07, 6.45) is 0. The zero-order valence-corrected chi connectivity index (χ0v) is 13.8. The van der Waals surface area contributed by atoms with Crippen molar-refractivity contribution in [3.63, 3.8) is 0 Å². The molecule has 2 rings (SSSR count). The summed E-state index contributed by atoms with van der Waals surface area (Å²) in [5.74, 6) is -0.0156. The first kappa shape index (κ1) is 17.5. The van der Waals surface area contributed by atoms with E-state index in [9.17, 15) is 9.18 Å². The highest BCUT2D eigenvalue weighted by atomic mass is 19.1. The van der Waals surface area contributed by atoms with Crippen molar-refractivity contribution in [1.29, 1.82) is 0 Å². The van der Waals surface area contributed by atoms with Gasteiger partial charge in [0.2, 0.25) is 5.91 Å². The smallest absolute Gasteiger partial charge is 0.248 e. The van der Waals surface area contributed by atoms with Gasteiger partial charge >= 0.3 is 0 Å². The fourth-order valence-corrected chi connectivity index (χ4v) is 2.20. The number of hydrogen-bond acceptors (Lipinski definition) is 2. The minimum absolute atomic E-state index is 0.208. The van der Waals surface area contributed by atoms with Crippen LogP contribution in [0.15, 0.2) is 47.5 Å². The van der Waals surface area contributed by atoms with Crippen LogP contribution < -0.4 is 16.4 Å². The summed E-state index contributed by atoms with van der Waals surface area (Å²) >= 11 is 0. The second-order valence-electron chi connectivity index (χ2n) is 5.42. The summed E-state index contributed by atoms with van der Waals surface area (Å²) in [4.78, 5) is 15.2. The zero-order valence-electron chi connectivity index (χ0n) is 13.8. The summed E-state index contributed by atoms with van der Waals surface area (Å²) in [5.41, 5.74) is 8.29. The molecule has 1 amide bonds. The molecule has 5 nitrogen and oxygen atoms in total. The van der Waals surface area contributed by atoms with Crippen LogP contribution in [-0.4, -0.2) is 18.9 Å². The van der Waals surface area contributed by atoms with Crippen molar-refractivity contribution in [1.82, 2.24) is 10.6 Å². The number of rotatable bonds is 5. The second kappa shape index (κ2) is 8.10. The van der Waals surface area contributed by atoms with E-state index in [1.165, 1.54) is 6.07 Å². The molecular formula is C18H21FN4O. The van der Waals surface area contributed by atoms with Gasteiger partial charge in [-0.3, -0.25) is 9.79 Å². The third kappa shape index (κ3) is 4.81. The molecule has 0 aliphatic carbocycles. The topological polar surface area (TPSA) is 79.5 Å². The first-order valence-corrected chi connectivity index (χ1v) is 7.58. The number of aryl methyl sites for hydroxylation is 1. The molecule has 2 aromatic rings. The van der Waals surface area contributed by atoms with Gasteiger partial charge < -0.3 is 16.4 Å². The second-order valence-corrected chi connectivity index (χ2v) is 5.42. The SMILES string of the molecule is CN=C(NCc1ccc(C(N)=O)cc1)NCc1ccc(F)c(C)c1. The van der Waals surface area contributed by atoms with Crippen molar-refractivity contribution in [2.24, 2.45) is 10.7 Å². The number of nitrogens with one attached hydrogen (secondary N) is 2. The highest BCUT2D eigenvalue weighted by Gasteiger charge is 2.03. The van der Waals surface area contributed by atoms with Crippen LogP contribution in [0.1, 0.15) is 27.0 Å². The van der Waals surface area contributed by atoms with Crippen molar-refractivity contribution >= 4 is 11.9 Å². The van der Waals surface area contributed by atoms with E-state index in [-0.39, 0.29) is 5.82 Å². The number of amides is 1. The van der Waals surface area contributed by atoms with Crippen LogP contribution in [0.4, 0.5) is 4.39 Å². The number of aliphatic imine (C=N–C) groups is 1. The lowest BCUT2D eigenvalue weighted by atomic mass is 10.1. The lowest BCUT2D eigenvalue weighted by Gasteiger charge is -2.12. The van der Waals surface area contributed by atoms with E-state index in [1.54, 1.807) is 38.2 Å². The maximum absolute atomic E-state index is 13.3. The third-order valence-corrected chi connectivity index (χ3v) is 3.60. The van der Waals surface area contributed by atoms with Crippen LogP contribution in [0.25, 0.3) is 0 Å². The number of hydrogen-bond donors (Lipinski definition) is 3. The monoisotopic (exact) mass is 328 g/mol. The van der Waals surface area contributed by atoms with Gasteiger partial charge in [0, 0.05) is 25.7 Å². The van der Waals surface area contributed by atoms with E-state index in [4.69, 9.17) is 5.73 Å². The molecule has 6 heteroatoms. The maximum atomic E-state index is 13.3. The highest BCUT2D eigenvalue weighted by molar-refractivity contribution is 5.92. The molecule has 0 aliphatic heterocycles. The minimum Gasteiger partial charge on any atom is -0.366 e. The molecular weight excluding hydrogens is 307 g/mol. The van der Waals surface area contributed by atoms with Gasteiger partial charge in [0.1, 0.15) is 5.82 Å². The number of nitrogens with two attached hydrogens (primary N) is 1. The van der Waals surface area contributed by atoms with Crippen LogP contribution in [0.2, 0.25) is 0 Å². The van der Waals surface area contributed by atoms with Crippen molar-refractivity contribution in [2.75, 3.05) is 7.05 Å². The highest BCUT2D eigenvalue weighted by Crippen LogP contribution is 2.09. The van der Waals surface area contributed by atoms with E-state index < -0.39 is 5.91 Å². The van der Waals surface area contributed by atoms with E-state index in [1.807, 2.05) is 12.1 Å². The van der Waals surface area contributed by atoms with Gasteiger partial charge in [-0.2, -0.15) is 0 Å². The Balaban J connectivity index is 1.88. The molecule has 0 fully saturated rings. The van der Waals surface area contributed by atoms with Crippen LogP contribution in [0, 0.1) is 12.7 Å². The number of halogens is 1. The Morgan fingerprint density at radius 1 is 1.08 bits per heavy atom. The molecule has 126 valence electrons. The van der Waals surface area contributed by atoms with Crippen LogP contribution in [0.3, 0.4) is 0 Å². The first-order chi connectivity index (χ1) is 11.5. The van der Waals surface area contributed by atoms with E-state index in [0.717, 1.165) is 11.1 Å². The Hall–Kier alpha value is -2.89. The van der Waals surface area contributed by atoms with Gasteiger partial charge in [-0.15, -0.1) is 0 Å². The largest absolute Gasteiger partial charge is 0.366 e. The Labute approximate surface area is 140 Å². The number of carbonyl (C=O) groups is 1. The lowest BCUT2D eigenvalue weighted by molar-refractivity contribution is 0.100. The van der Waals surface area contributed by atoms with Crippen molar-refractivity contribution < 1.29 is 9.18 Å². The predicted molar refractivity (Wildman–Crippen MR) is 93.1 cm³/mol. The molecule has 0 atom stereocenters. The Morgan fingerprint density at radius 2 is 1.67 bits per heavy atom. The molecule has 0 aromatic heterocycles. The Morgan fingerprint density at radius 3 is 2.21 bits per heavy atom. The van der Waals surface area contributed by atoms with Crippen LogP contribution in [0.5, 0.6) is 0 Å². The minimum atomic E-state index is -0.443. The molecule has 24 heavy (non-hydrogen) atoms. The van der Waals surface area contributed by atoms with Crippen molar-refractivity contribution in [3.05, 3.63) is 70.5 Å².